The molecule has 0 aliphatic rings. The van der Waals surface area contributed by atoms with Crippen LogP contribution in [0.1, 0.15) is 34.6 Å². The topological polar surface area (TPSA) is 66.9 Å². The standard InChI is InChI=1S/C19H22N4OS/c1-12(2)9-21-18(24)15-6-4-14(5-7-15)10-20-17-16-8-13(3)25-19(16)23-11-22-17/h4-8,11-12H,9-10H2,1-3H3,(H,21,24)(H,20,22,23). The van der Waals surface area contributed by atoms with Crippen LogP contribution < -0.4 is 10.6 Å². The Hall–Kier alpha value is -2.47. The van der Waals surface area contributed by atoms with Gasteiger partial charge >= 0.3 is 0 Å². The molecule has 0 radical (unpaired) electrons. The first-order valence-corrected chi connectivity index (χ1v) is 9.16. The van der Waals surface area contributed by atoms with Crippen molar-refractivity contribution in [1.82, 2.24) is 15.3 Å². The highest BCUT2D eigenvalue weighted by Gasteiger charge is 2.08. The number of carbonyl (C=O) groups excluding carboxylic acids is 1. The summed E-state index contributed by atoms with van der Waals surface area (Å²) >= 11 is 1.66. The molecular formula is C19H22N4OS. The van der Waals surface area contributed by atoms with Gasteiger partial charge in [-0.2, -0.15) is 0 Å². The molecule has 3 aromatic rings. The van der Waals surface area contributed by atoms with E-state index >= 15 is 0 Å². The van der Waals surface area contributed by atoms with Crippen LogP contribution in [0.3, 0.4) is 0 Å². The van der Waals surface area contributed by atoms with Crippen LogP contribution >= 0.6 is 11.3 Å². The second-order valence-corrected chi connectivity index (χ2v) is 7.69. The number of benzene rings is 1. The number of nitrogens with one attached hydrogen (secondary N) is 2. The second-order valence-electron chi connectivity index (χ2n) is 6.45. The summed E-state index contributed by atoms with van der Waals surface area (Å²) in [5.41, 5.74) is 1.78. The quantitative estimate of drug-likeness (QED) is 0.702. The molecule has 1 aromatic carbocycles. The average molecular weight is 354 g/mol. The van der Waals surface area contributed by atoms with Crippen LogP contribution in [-0.4, -0.2) is 22.4 Å². The second kappa shape index (κ2) is 7.61. The van der Waals surface area contributed by atoms with Crippen molar-refractivity contribution in [1.29, 1.82) is 0 Å². The zero-order chi connectivity index (χ0) is 17.8. The molecule has 130 valence electrons. The van der Waals surface area contributed by atoms with Crippen LogP contribution in [0.25, 0.3) is 10.2 Å². The number of nitrogens with zero attached hydrogens (tertiary/aromatic N) is 2. The summed E-state index contributed by atoms with van der Waals surface area (Å²) in [6.45, 7) is 7.56. The van der Waals surface area contributed by atoms with Gasteiger partial charge in [0.2, 0.25) is 0 Å². The lowest BCUT2D eigenvalue weighted by Gasteiger charge is -2.09. The summed E-state index contributed by atoms with van der Waals surface area (Å²) in [7, 11) is 0. The maximum Gasteiger partial charge on any atom is 0.251 e. The van der Waals surface area contributed by atoms with Gasteiger partial charge in [-0.05, 0) is 36.6 Å². The highest BCUT2D eigenvalue weighted by molar-refractivity contribution is 7.18. The molecule has 6 heteroatoms. The van der Waals surface area contributed by atoms with E-state index in [1.54, 1.807) is 17.7 Å². The molecule has 0 atom stereocenters. The highest BCUT2D eigenvalue weighted by Crippen LogP contribution is 2.27. The van der Waals surface area contributed by atoms with Crippen LogP contribution in [0.5, 0.6) is 0 Å². The van der Waals surface area contributed by atoms with Crippen molar-refractivity contribution in [2.45, 2.75) is 27.3 Å². The summed E-state index contributed by atoms with van der Waals surface area (Å²) in [6.07, 6.45) is 1.59. The molecule has 3 rings (SSSR count). The fourth-order valence-electron chi connectivity index (χ4n) is 2.48. The molecule has 0 saturated carbocycles. The van der Waals surface area contributed by atoms with Crippen molar-refractivity contribution < 1.29 is 4.79 Å². The van der Waals surface area contributed by atoms with E-state index in [0.29, 0.717) is 24.6 Å². The number of hydrogen-bond acceptors (Lipinski definition) is 5. The molecule has 0 saturated heterocycles. The lowest BCUT2D eigenvalue weighted by Crippen LogP contribution is -2.27. The van der Waals surface area contributed by atoms with Crippen LogP contribution in [-0.2, 0) is 6.54 Å². The number of carbonyl (C=O) groups is 1. The summed E-state index contributed by atoms with van der Waals surface area (Å²) < 4.78 is 0. The Morgan fingerprint density at radius 3 is 2.68 bits per heavy atom. The van der Waals surface area contributed by atoms with E-state index in [2.05, 4.69) is 47.4 Å². The number of aromatic nitrogens is 2. The van der Waals surface area contributed by atoms with E-state index in [-0.39, 0.29) is 5.91 Å². The predicted molar refractivity (Wildman–Crippen MR) is 103 cm³/mol. The zero-order valence-corrected chi connectivity index (χ0v) is 15.5. The predicted octanol–water partition coefficient (Wildman–Crippen LogP) is 4.00. The molecule has 0 fully saturated rings. The maximum atomic E-state index is 12.0. The number of thiophene rings is 1. The number of amides is 1. The molecule has 0 spiro atoms. The van der Waals surface area contributed by atoms with Gasteiger partial charge in [-0.15, -0.1) is 11.3 Å². The Labute approximate surface area is 151 Å². The smallest absolute Gasteiger partial charge is 0.251 e. The third kappa shape index (κ3) is 4.33. The van der Waals surface area contributed by atoms with Gasteiger partial charge in [-0.3, -0.25) is 4.79 Å². The van der Waals surface area contributed by atoms with Gasteiger partial charge in [0.15, 0.2) is 0 Å². The zero-order valence-electron chi connectivity index (χ0n) is 14.7. The van der Waals surface area contributed by atoms with E-state index in [1.165, 1.54) is 4.88 Å². The minimum Gasteiger partial charge on any atom is -0.365 e. The average Bonchev–Trinajstić information content (AvgIpc) is 2.99. The minimum atomic E-state index is -0.0283. The molecule has 25 heavy (non-hydrogen) atoms. The third-order valence-corrected chi connectivity index (χ3v) is 4.76. The van der Waals surface area contributed by atoms with Crippen LogP contribution in [0, 0.1) is 12.8 Å². The molecule has 0 aliphatic carbocycles. The fourth-order valence-corrected chi connectivity index (χ4v) is 3.32. The first-order valence-electron chi connectivity index (χ1n) is 8.35. The molecule has 2 N–H and O–H groups in total. The fraction of sp³-hybridized carbons (Fsp3) is 0.316. The lowest BCUT2D eigenvalue weighted by molar-refractivity contribution is 0.0949. The van der Waals surface area contributed by atoms with E-state index in [9.17, 15) is 4.79 Å². The van der Waals surface area contributed by atoms with Crippen molar-refractivity contribution in [2.75, 3.05) is 11.9 Å². The largest absolute Gasteiger partial charge is 0.365 e. The van der Waals surface area contributed by atoms with E-state index in [4.69, 9.17) is 0 Å². The number of fused-ring (bicyclic) bond motifs is 1. The summed E-state index contributed by atoms with van der Waals surface area (Å²) in [5, 5.41) is 7.34. The Balaban J connectivity index is 1.64. The van der Waals surface area contributed by atoms with Crippen LogP contribution in [0.15, 0.2) is 36.7 Å². The van der Waals surface area contributed by atoms with Crippen LogP contribution in [0.4, 0.5) is 5.82 Å². The van der Waals surface area contributed by atoms with Crippen molar-refractivity contribution in [3.05, 3.63) is 52.7 Å². The van der Waals surface area contributed by atoms with E-state index < -0.39 is 0 Å². The molecule has 2 heterocycles. The van der Waals surface area contributed by atoms with Gasteiger partial charge in [-0.25, -0.2) is 9.97 Å². The van der Waals surface area contributed by atoms with Crippen LogP contribution in [0.2, 0.25) is 0 Å². The Morgan fingerprint density at radius 2 is 1.96 bits per heavy atom. The third-order valence-electron chi connectivity index (χ3n) is 3.80. The molecule has 0 unspecified atom stereocenters. The molecule has 0 bridgehead atoms. The first-order chi connectivity index (χ1) is 12.0. The van der Waals surface area contributed by atoms with Gasteiger partial charge < -0.3 is 10.6 Å². The Morgan fingerprint density at radius 1 is 1.20 bits per heavy atom. The number of hydrogen-bond donors (Lipinski definition) is 2. The monoisotopic (exact) mass is 354 g/mol. The van der Waals surface area contributed by atoms with Gasteiger partial charge in [0.1, 0.15) is 17.0 Å². The molecule has 1 amide bonds. The number of rotatable bonds is 6. The van der Waals surface area contributed by atoms with Gasteiger partial charge in [0.05, 0.1) is 5.39 Å². The van der Waals surface area contributed by atoms with E-state index in [0.717, 1.165) is 21.6 Å². The Kier molecular flexibility index (Phi) is 5.28. The molecule has 5 nitrogen and oxygen atoms in total. The van der Waals surface area contributed by atoms with Gasteiger partial charge in [0.25, 0.3) is 5.91 Å². The first kappa shape index (κ1) is 17.4. The molecule has 0 aliphatic heterocycles. The lowest BCUT2D eigenvalue weighted by atomic mass is 10.1. The highest BCUT2D eigenvalue weighted by atomic mass is 32.1. The summed E-state index contributed by atoms with van der Waals surface area (Å²) in [4.78, 5) is 22.9. The molecule has 2 aromatic heterocycles. The van der Waals surface area contributed by atoms with E-state index in [1.807, 2.05) is 24.3 Å². The minimum absolute atomic E-state index is 0.0283. The summed E-state index contributed by atoms with van der Waals surface area (Å²) in [5.74, 6) is 1.26. The number of aryl methyl sites for hydroxylation is 1. The van der Waals surface area contributed by atoms with Crippen molar-refractivity contribution in [3.63, 3.8) is 0 Å². The van der Waals surface area contributed by atoms with Crippen molar-refractivity contribution in [2.24, 2.45) is 5.92 Å². The normalized spacial score (nSPS) is 11.0. The molecular weight excluding hydrogens is 332 g/mol. The summed E-state index contributed by atoms with van der Waals surface area (Å²) in [6, 6.07) is 9.75. The van der Waals surface area contributed by atoms with Crippen molar-refractivity contribution >= 4 is 33.3 Å². The SMILES string of the molecule is Cc1cc2c(NCc3ccc(C(=O)NCC(C)C)cc3)ncnc2s1. The number of anilines is 1. The Bertz CT molecular complexity index is 871. The van der Waals surface area contributed by atoms with Gasteiger partial charge in [0, 0.05) is 23.5 Å². The van der Waals surface area contributed by atoms with Gasteiger partial charge in [-0.1, -0.05) is 26.0 Å². The van der Waals surface area contributed by atoms with Crippen molar-refractivity contribution in [3.8, 4) is 0 Å². The maximum absolute atomic E-state index is 12.0.